The molecule has 100 valence electrons. The SMILES string of the molecule is Nc1ccnc(Nc2ccc(F)c(C(F)(F)F)c2)n1. The van der Waals surface area contributed by atoms with Gasteiger partial charge in [0, 0.05) is 11.9 Å². The monoisotopic (exact) mass is 272 g/mol. The predicted molar refractivity (Wildman–Crippen MR) is 61.1 cm³/mol. The Morgan fingerprint density at radius 1 is 1.16 bits per heavy atom. The minimum Gasteiger partial charge on any atom is -0.384 e. The number of nitrogen functional groups attached to an aromatic ring is 1. The van der Waals surface area contributed by atoms with Crippen LogP contribution in [0.3, 0.4) is 0 Å². The lowest BCUT2D eigenvalue weighted by molar-refractivity contribution is -0.139. The molecule has 19 heavy (non-hydrogen) atoms. The van der Waals surface area contributed by atoms with E-state index in [1.54, 1.807) is 0 Å². The lowest BCUT2D eigenvalue weighted by Crippen LogP contribution is -2.09. The van der Waals surface area contributed by atoms with Crippen molar-refractivity contribution in [2.45, 2.75) is 6.18 Å². The van der Waals surface area contributed by atoms with Crippen molar-refractivity contribution in [2.75, 3.05) is 11.1 Å². The molecule has 0 amide bonds. The molecule has 0 fully saturated rings. The number of nitrogens with one attached hydrogen (secondary N) is 1. The van der Waals surface area contributed by atoms with E-state index in [0.717, 1.165) is 12.1 Å². The first kappa shape index (κ1) is 13.1. The Morgan fingerprint density at radius 2 is 1.89 bits per heavy atom. The summed E-state index contributed by atoms with van der Waals surface area (Å²) in [5.74, 6) is -1.15. The number of halogens is 4. The van der Waals surface area contributed by atoms with Crippen LogP contribution in [0.2, 0.25) is 0 Å². The van der Waals surface area contributed by atoms with Gasteiger partial charge in [-0.2, -0.15) is 18.2 Å². The van der Waals surface area contributed by atoms with Gasteiger partial charge in [-0.1, -0.05) is 0 Å². The van der Waals surface area contributed by atoms with E-state index in [9.17, 15) is 17.6 Å². The zero-order chi connectivity index (χ0) is 14.0. The molecule has 0 unspecified atom stereocenters. The fraction of sp³-hybridized carbons (Fsp3) is 0.0909. The van der Waals surface area contributed by atoms with E-state index in [-0.39, 0.29) is 17.5 Å². The molecule has 2 aromatic rings. The van der Waals surface area contributed by atoms with E-state index in [1.165, 1.54) is 12.3 Å². The van der Waals surface area contributed by atoms with Gasteiger partial charge in [0.25, 0.3) is 0 Å². The number of benzene rings is 1. The Hall–Kier alpha value is -2.38. The van der Waals surface area contributed by atoms with E-state index in [4.69, 9.17) is 5.73 Å². The number of alkyl halides is 3. The van der Waals surface area contributed by atoms with Gasteiger partial charge < -0.3 is 11.1 Å². The molecule has 1 heterocycles. The molecule has 0 saturated heterocycles. The maximum atomic E-state index is 13.1. The van der Waals surface area contributed by atoms with Gasteiger partial charge in [0.15, 0.2) is 0 Å². The molecular formula is C11H8F4N4. The summed E-state index contributed by atoms with van der Waals surface area (Å²) in [4.78, 5) is 7.54. The Kier molecular flexibility index (Phi) is 3.24. The first-order valence-corrected chi connectivity index (χ1v) is 5.08. The van der Waals surface area contributed by atoms with E-state index < -0.39 is 17.6 Å². The molecule has 4 nitrogen and oxygen atoms in total. The lowest BCUT2D eigenvalue weighted by Gasteiger charge is -2.10. The van der Waals surface area contributed by atoms with Crippen LogP contribution >= 0.6 is 0 Å². The Morgan fingerprint density at radius 3 is 2.53 bits per heavy atom. The molecule has 0 radical (unpaired) electrons. The third-order valence-electron chi connectivity index (χ3n) is 2.21. The standard InChI is InChI=1S/C11H8F4N4/c12-8-2-1-6(5-7(8)11(13,14)15)18-10-17-4-3-9(16)19-10/h1-5H,(H3,16,17,18,19). The van der Waals surface area contributed by atoms with E-state index in [2.05, 4.69) is 15.3 Å². The zero-order valence-electron chi connectivity index (χ0n) is 9.37. The highest BCUT2D eigenvalue weighted by Gasteiger charge is 2.34. The summed E-state index contributed by atoms with van der Waals surface area (Å²) in [5, 5.41) is 2.52. The van der Waals surface area contributed by atoms with Crippen molar-refractivity contribution >= 4 is 17.5 Å². The molecule has 8 heteroatoms. The van der Waals surface area contributed by atoms with Crippen LogP contribution in [0.25, 0.3) is 0 Å². The van der Waals surface area contributed by atoms with Gasteiger partial charge in [-0.3, -0.25) is 0 Å². The summed E-state index contributed by atoms with van der Waals surface area (Å²) in [6.07, 6.45) is -3.42. The topological polar surface area (TPSA) is 63.8 Å². The van der Waals surface area contributed by atoms with E-state index in [0.29, 0.717) is 6.07 Å². The van der Waals surface area contributed by atoms with Gasteiger partial charge in [-0.15, -0.1) is 0 Å². The second kappa shape index (κ2) is 4.71. The molecular weight excluding hydrogens is 264 g/mol. The minimum absolute atomic E-state index is 0.0133. The third kappa shape index (κ3) is 3.09. The highest BCUT2D eigenvalue weighted by Crippen LogP contribution is 2.33. The smallest absolute Gasteiger partial charge is 0.384 e. The molecule has 3 N–H and O–H groups in total. The lowest BCUT2D eigenvalue weighted by atomic mass is 10.2. The molecule has 1 aromatic carbocycles. The van der Waals surface area contributed by atoms with Crippen LogP contribution in [0, 0.1) is 5.82 Å². The number of aromatic nitrogens is 2. The fourth-order valence-electron chi connectivity index (χ4n) is 1.38. The maximum Gasteiger partial charge on any atom is 0.419 e. The number of rotatable bonds is 2. The highest BCUT2D eigenvalue weighted by atomic mass is 19.4. The number of nitrogens with two attached hydrogens (primary N) is 1. The average molecular weight is 272 g/mol. The summed E-state index contributed by atoms with van der Waals surface area (Å²) >= 11 is 0. The number of nitrogens with zero attached hydrogens (tertiary/aromatic N) is 2. The third-order valence-corrected chi connectivity index (χ3v) is 2.21. The quantitative estimate of drug-likeness (QED) is 0.825. The van der Waals surface area contributed by atoms with Crippen LogP contribution in [0.5, 0.6) is 0 Å². The van der Waals surface area contributed by atoms with Crippen molar-refractivity contribution in [1.82, 2.24) is 9.97 Å². The second-order valence-electron chi connectivity index (χ2n) is 3.62. The van der Waals surface area contributed by atoms with E-state index >= 15 is 0 Å². The summed E-state index contributed by atoms with van der Waals surface area (Å²) in [5.41, 5.74) is 4.06. The molecule has 0 atom stereocenters. The molecule has 0 aliphatic rings. The molecule has 0 spiro atoms. The summed E-state index contributed by atoms with van der Waals surface area (Å²) in [6, 6.07) is 3.94. The molecule has 2 rings (SSSR count). The van der Waals surface area contributed by atoms with Crippen molar-refractivity contribution in [2.24, 2.45) is 0 Å². The highest BCUT2D eigenvalue weighted by molar-refractivity contribution is 5.55. The molecule has 0 saturated carbocycles. The van der Waals surface area contributed by atoms with Crippen molar-refractivity contribution in [1.29, 1.82) is 0 Å². The number of hydrogen-bond donors (Lipinski definition) is 2. The van der Waals surface area contributed by atoms with Crippen LogP contribution in [-0.2, 0) is 6.18 Å². The normalized spacial score (nSPS) is 11.4. The van der Waals surface area contributed by atoms with Crippen molar-refractivity contribution in [3.63, 3.8) is 0 Å². The van der Waals surface area contributed by atoms with Gasteiger partial charge in [-0.25, -0.2) is 9.37 Å². The minimum atomic E-state index is -4.77. The average Bonchev–Trinajstić information content (AvgIpc) is 2.30. The predicted octanol–water partition coefficient (Wildman–Crippen LogP) is 2.96. The van der Waals surface area contributed by atoms with Gasteiger partial charge in [-0.05, 0) is 24.3 Å². The second-order valence-corrected chi connectivity index (χ2v) is 3.62. The fourth-order valence-corrected chi connectivity index (χ4v) is 1.38. The molecule has 0 bridgehead atoms. The first-order chi connectivity index (χ1) is 8.86. The molecule has 0 aliphatic heterocycles. The van der Waals surface area contributed by atoms with E-state index in [1.807, 2.05) is 0 Å². The number of anilines is 3. The van der Waals surface area contributed by atoms with Gasteiger partial charge in [0.1, 0.15) is 11.6 Å². The van der Waals surface area contributed by atoms with Crippen LogP contribution in [0.4, 0.5) is 35.0 Å². The van der Waals surface area contributed by atoms with Crippen LogP contribution in [0.1, 0.15) is 5.56 Å². The van der Waals surface area contributed by atoms with Gasteiger partial charge in [0.2, 0.25) is 5.95 Å². The summed E-state index contributed by atoms with van der Waals surface area (Å²) in [6.45, 7) is 0. The Balaban J connectivity index is 2.32. The maximum absolute atomic E-state index is 13.1. The van der Waals surface area contributed by atoms with Crippen molar-refractivity contribution < 1.29 is 17.6 Å². The Labute approximate surface area is 105 Å². The Bertz CT molecular complexity index is 597. The van der Waals surface area contributed by atoms with Gasteiger partial charge in [0.05, 0.1) is 5.56 Å². The van der Waals surface area contributed by atoms with Crippen LogP contribution < -0.4 is 11.1 Å². The van der Waals surface area contributed by atoms with Crippen molar-refractivity contribution in [3.8, 4) is 0 Å². The van der Waals surface area contributed by atoms with Crippen molar-refractivity contribution in [3.05, 3.63) is 41.8 Å². The van der Waals surface area contributed by atoms with Crippen LogP contribution in [0.15, 0.2) is 30.5 Å². The largest absolute Gasteiger partial charge is 0.419 e. The first-order valence-electron chi connectivity index (χ1n) is 5.08. The molecule has 0 aliphatic carbocycles. The summed E-state index contributed by atoms with van der Waals surface area (Å²) < 4.78 is 50.6. The zero-order valence-corrected chi connectivity index (χ0v) is 9.37. The van der Waals surface area contributed by atoms with Gasteiger partial charge >= 0.3 is 6.18 Å². The summed E-state index contributed by atoms with van der Waals surface area (Å²) in [7, 11) is 0. The van der Waals surface area contributed by atoms with Crippen LogP contribution in [-0.4, -0.2) is 9.97 Å². The number of hydrogen-bond acceptors (Lipinski definition) is 4. The molecule has 1 aromatic heterocycles.